The Balaban J connectivity index is 2.17. The smallest absolute Gasteiger partial charge is 0.311 e. The fourth-order valence-electron chi connectivity index (χ4n) is 2.71. The third-order valence-electron chi connectivity index (χ3n) is 4.08. The van der Waals surface area contributed by atoms with Gasteiger partial charge >= 0.3 is 5.97 Å². The molecule has 1 heterocycles. The minimum atomic E-state index is -0.415. The summed E-state index contributed by atoms with van der Waals surface area (Å²) in [5.41, 5.74) is 0.870. The van der Waals surface area contributed by atoms with Gasteiger partial charge in [-0.2, -0.15) is 0 Å². The summed E-state index contributed by atoms with van der Waals surface area (Å²) < 4.78 is 15.3. The molecular weight excluding hydrogens is 286 g/mol. The highest BCUT2D eigenvalue weighted by atomic mass is 16.5. The van der Waals surface area contributed by atoms with Crippen LogP contribution in [-0.4, -0.2) is 44.7 Å². The van der Waals surface area contributed by atoms with Crippen LogP contribution >= 0.6 is 0 Å². The predicted molar refractivity (Wildman–Crippen MR) is 79.6 cm³/mol. The third kappa shape index (κ3) is 3.00. The van der Waals surface area contributed by atoms with Gasteiger partial charge in [-0.25, -0.2) is 0 Å². The first kappa shape index (κ1) is 16.1. The summed E-state index contributed by atoms with van der Waals surface area (Å²) in [6, 6.07) is 5.46. The van der Waals surface area contributed by atoms with Gasteiger partial charge in [0, 0.05) is 24.7 Å². The summed E-state index contributed by atoms with van der Waals surface area (Å²) >= 11 is 0. The molecule has 0 saturated carbocycles. The summed E-state index contributed by atoms with van der Waals surface area (Å²) in [4.78, 5) is 25.7. The summed E-state index contributed by atoms with van der Waals surface area (Å²) in [7, 11) is 4.50. The van der Waals surface area contributed by atoms with E-state index in [9.17, 15) is 9.59 Å². The van der Waals surface area contributed by atoms with Crippen LogP contribution in [0.3, 0.4) is 0 Å². The van der Waals surface area contributed by atoms with Gasteiger partial charge in [0.2, 0.25) is 5.91 Å². The number of nitrogens with zero attached hydrogens (tertiary/aromatic N) is 1. The lowest BCUT2D eigenvalue weighted by Gasteiger charge is -2.18. The lowest BCUT2D eigenvalue weighted by Crippen LogP contribution is -2.26. The number of likely N-dealkylation sites (tertiary alicyclic amines) is 1. The molecule has 0 bridgehead atoms. The summed E-state index contributed by atoms with van der Waals surface area (Å²) in [6.07, 6.45) is 0. The maximum absolute atomic E-state index is 12.3. The van der Waals surface area contributed by atoms with Gasteiger partial charge in [-0.15, -0.1) is 0 Å². The zero-order valence-electron chi connectivity index (χ0n) is 13.3. The van der Waals surface area contributed by atoms with Crippen LogP contribution in [0.15, 0.2) is 18.2 Å². The topological polar surface area (TPSA) is 65.1 Å². The van der Waals surface area contributed by atoms with Gasteiger partial charge in [-0.1, -0.05) is 6.92 Å². The van der Waals surface area contributed by atoms with Crippen molar-refractivity contribution in [2.45, 2.75) is 13.5 Å². The monoisotopic (exact) mass is 307 g/mol. The van der Waals surface area contributed by atoms with Crippen LogP contribution in [-0.2, 0) is 20.9 Å². The van der Waals surface area contributed by atoms with E-state index in [-0.39, 0.29) is 17.8 Å². The van der Waals surface area contributed by atoms with Gasteiger partial charge in [0.15, 0.2) is 0 Å². The van der Waals surface area contributed by atoms with Crippen molar-refractivity contribution in [1.29, 1.82) is 0 Å². The number of rotatable bonds is 5. The van der Waals surface area contributed by atoms with Gasteiger partial charge in [0.25, 0.3) is 0 Å². The Bertz CT molecular complexity index is 572. The Labute approximate surface area is 129 Å². The van der Waals surface area contributed by atoms with Crippen molar-refractivity contribution in [3.8, 4) is 11.5 Å². The van der Waals surface area contributed by atoms with Crippen LogP contribution in [0.4, 0.5) is 0 Å². The summed E-state index contributed by atoms with van der Waals surface area (Å²) in [6.45, 7) is 2.51. The van der Waals surface area contributed by atoms with E-state index >= 15 is 0 Å². The average Bonchev–Trinajstić information content (AvgIpc) is 2.83. The predicted octanol–water partition coefficient (Wildman–Crippen LogP) is 1.47. The molecule has 0 radical (unpaired) electrons. The first-order valence-corrected chi connectivity index (χ1v) is 7.09. The van der Waals surface area contributed by atoms with Crippen LogP contribution in [0.5, 0.6) is 11.5 Å². The van der Waals surface area contributed by atoms with Crippen molar-refractivity contribution in [3.05, 3.63) is 23.8 Å². The van der Waals surface area contributed by atoms with Crippen LogP contribution < -0.4 is 9.47 Å². The maximum atomic E-state index is 12.3. The minimum absolute atomic E-state index is 0.0479. The van der Waals surface area contributed by atoms with E-state index in [0.29, 0.717) is 24.6 Å². The molecule has 1 aliphatic rings. The van der Waals surface area contributed by atoms with Crippen LogP contribution in [0, 0.1) is 11.8 Å². The van der Waals surface area contributed by atoms with Gasteiger partial charge in [-0.05, 0) is 12.1 Å². The van der Waals surface area contributed by atoms with Crippen LogP contribution in [0.1, 0.15) is 12.5 Å². The molecule has 2 rings (SSSR count). The van der Waals surface area contributed by atoms with Crippen molar-refractivity contribution >= 4 is 11.9 Å². The molecule has 1 aliphatic heterocycles. The highest BCUT2D eigenvalue weighted by molar-refractivity contribution is 5.88. The van der Waals surface area contributed by atoms with Crippen molar-refractivity contribution in [3.63, 3.8) is 0 Å². The Morgan fingerprint density at radius 2 is 2.00 bits per heavy atom. The second-order valence-corrected chi connectivity index (χ2v) is 5.31. The second kappa shape index (κ2) is 6.68. The fraction of sp³-hybridized carbons (Fsp3) is 0.500. The molecule has 0 unspecified atom stereocenters. The van der Waals surface area contributed by atoms with Crippen LogP contribution in [0.2, 0.25) is 0 Å². The Morgan fingerprint density at radius 3 is 2.59 bits per heavy atom. The number of esters is 1. The molecule has 0 N–H and O–H groups in total. The van der Waals surface area contributed by atoms with Crippen molar-refractivity contribution in [1.82, 2.24) is 4.90 Å². The molecule has 2 atom stereocenters. The first-order chi connectivity index (χ1) is 10.5. The number of amides is 1. The molecule has 120 valence electrons. The molecule has 0 spiro atoms. The molecule has 22 heavy (non-hydrogen) atoms. The second-order valence-electron chi connectivity index (χ2n) is 5.31. The molecule has 0 aliphatic carbocycles. The van der Waals surface area contributed by atoms with E-state index in [0.717, 1.165) is 5.56 Å². The standard InChI is InChI=1S/C16H21NO5/c1-10-13(16(19)22-4)9-17(15(10)18)8-11-5-6-12(20-2)7-14(11)21-3/h5-7,10,13H,8-9H2,1-4H3/t10-,13-/m0/s1. The van der Waals surface area contributed by atoms with E-state index in [1.54, 1.807) is 32.1 Å². The zero-order valence-corrected chi connectivity index (χ0v) is 13.3. The van der Waals surface area contributed by atoms with E-state index in [1.807, 2.05) is 12.1 Å². The highest BCUT2D eigenvalue weighted by Gasteiger charge is 2.42. The lowest BCUT2D eigenvalue weighted by atomic mass is 9.98. The molecule has 1 aromatic rings. The maximum Gasteiger partial charge on any atom is 0.311 e. The molecule has 1 saturated heterocycles. The normalized spacial score (nSPS) is 20.9. The number of hydrogen-bond acceptors (Lipinski definition) is 5. The number of carbonyl (C=O) groups excluding carboxylic acids is 2. The number of ether oxygens (including phenoxy) is 3. The van der Waals surface area contributed by atoms with E-state index in [2.05, 4.69) is 0 Å². The Morgan fingerprint density at radius 1 is 1.27 bits per heavy atom. The fourth-order valence-corrected chi connectivity index (χ4v) is 2.71. The SMILES string of the molecule is COC(=O)[C@H]1CN(Cc2ccc(OC)cc2OC)C(=O)[C@H]1C. The average molecular weight is 307 g/mol. The van der Waals surface area contributed by atoms with Crippen LogP contribution in [0.25, 0.3) is 0 Å². The number of hydrogen-bond donors (Lipinski definition) is 0. The number of carbonyl (C=O) groups is 2. The largest absolute Gasteiger partial charge is 0.497 e. The molecule has 1 amide bonds. The Hall–Kier alpha value is -2.24. The molecule has 6 heteroatoms. The van der Waals surface area contributed by atoms with Gasteiger partial charge in [0.1, 0.15) is 11.5 Å². The summed E-state index contributed by atoms with van der Waals surface area (Å²) in [5, 5.41) is 0. The van der Waals surface area contributed by atoms with E-state index < -0.39 is 5.92 Å². The van der Waals surface area contributed by atoms with Crippen molar-refractivity contribution in [2.75, 3.05) is 27.9 Å². The zero-order chi connectivity index (χ0) is 16.3. The molecular formula is C16H21NO5. The first-order valence-electron chi connectivity index (χ1n) is 7.09. The highest BCUT2D eigenvalue weighted by Crippen LogP contribution is 2.30. The minimum Gasteiger partial charge on any atom is -0.497 e. The lowest BCUT2D eigenvalue weighted by molar-refractivity contribution is -0.147. The van der Waals surface area contributed by atoms with Crippen molar-refractivity contribution < 1.29 is 23.8 Å². The van der Waals surface area contributed by atoms with E-state index in [1.165, 1.54) is 7.11 Å². The molecule has 1 fully saturated rings. The molecule has 0 aromatic heterocycles. The van der Waals surface area contributed by atoms with Gasteiger partial charge in [-0.3, -0.25) is 9.59 Å². The number of benzene rings is 1. The molecule has 6 nitrogen and oxygen atoms in total. The summed E-state index contributed by atoms with van der Waals surface area (Å²) in [5.74, 6) is 0.173. The third-order valence-corrected chi connectivity index (χ3v) is 4.08. The van der Waals surface area contributed by atoms with Crippen molar-refractivity contribution in [2.24, 2.45) is 11.8 Å². The van der Waals surface area contributed by atoms with E-state index in [4.69, 9.17) is 14.2 Å². The molecule has 1 aromatic carbocycles. The Kier molecular flexibility index (Phi) is 4.90. The van der Waals surface area contributed by atoms with Gasteiger partial charge < -0.3 is 19.1 Å². The quantitative estimate of drug-likeness (QED) is 0.771. The van der Waals surface area contributed by atoms with Gasteiger partial charge in [0.05, 0.1) is 33.2 Å². The number of methoxy groups -OCH3 is 3.